The average Bonchev–Trinajstić information content (AvgIpc) is 4.00. The molecule has 0 aliphatic rings. The molecule has 0 unspecified atom stereocenters. The number of benzene rings is 10. The molecule has 0 fully saturated rings. The molecule has 0 spiro atoms. The van der Waals surface area contributed by atoms with Gasteiger partial charge in [0, 0.05) is 49.4 Å². The van der Waals surface area contributed by atoms with Crippen LogP contribution in [0.1, 0.15) is 0 Å². The topological polar surface area (TPSA) is 14.8 Å². The van der Waals surface area contributed by atoms with Crippen molar-refractivity contribution in [2.45, 2.75) is 0 Å². The standard InChI is InChI=1S/C60H41N3Si/c1-5-19-42(20-6-1)61-55-30-16-15-29-51(55)52-36-33-44(40-59(52)61)63-58-38-35-48(64(45-21-7-2-8-22-45,46-23-9-3-10-24-46)47-25-11-4-12-26-47)41-54(58)53-37-34-43(39-60(53)63)62-56-31-17-13-27-49(56)50-28-14-18-32-57(50)62/h1-41H. The quantitative estimate of drug-likeness (QED) is 0.112. The van der Waals surface area contributed by atoms with Crippen LogP contribution in [0, 0.1) is 0 Å². The van der Waals surface area contributed by atoms with Crippen molar-refractivity contribution in [2.24, 2.45) is 0 Å². The number of nitrogens with zero attached hydrogens (tertiary/aromatic N) is 3. The van der Waals surface area contributed by atoms with Crippen molar-refractivity contribution in [3.63, 3.8) is 0 Å². The SMILES string of the molecule is c1ccc(-n2c3ccccc3c3ccc(-n4c5ccc([Si](c6ccccc6)(c6ccccc6)c6ccccc6)cc5c5ccc(-n6c7ccccc7c7ccccc76)cc54)cc32)cc1. The fraction of sp³-hybridized carbons (Fsp3) is 0. The normalized spacial score (nSPS) is 12.1. The zero-order valence-corrected chi connectivity index (χ0v) is 36.0. The first kappa shape index (κ1) is 36.5. The lowest BCUT2D eigenvalue weighted by Crippen LogP contribution is -2.74. The minimum Gasteiger partial charge on any atom is -0.309 e. The van der Waals surface area contributed by atoms with Gasteiger partial charge >= 0.3 is 0 Å². The van der Waals surface area contributed by atoms with Crippen LogP contribution in [0.4, 0.5) is 0 Å². The Balaban J connectivity index is 1.14. The minimum absolute atomic E-state index is 1.12. The second kappa shape index (κ2) is 14.5. The summed E-state index contributed by atoms with van der Waals surface area (Å²) in [6, 6.07) is 92.4. The average molecular weight is 832 g/mol. The van der Waals surface area contributed by atoms with Gasteiger partial charge in [-0.25, -0.2) is 0 Å². The summed E-state index contributed by atoms with van der Waals surface area (Å²) in [6.07, 6.45) is 0. The van der Waals surface area contributed by atoms with Crippen LogP contribution in [0.2, 0.25) is 0 Å². The summed E-state index contributed by atoms with van der Waals surface area (Å²) in [5.41, 5.74) is 10.5. The van der Waals surface area contributed by atoms with Crippen molar-refractivity contribution < 1.29 is 0 Å². The third kappa shape index (κ3) is 5.33. The van der Waals surface area contributed by atoms with Gasteiger partial charge in [-0.2, -0.15) is 0 Å². The molecule has 3 heterocycles. The van der Waals surface area contributed by atoms with Crippen LogP contribution in [-0.2, 0) is 0 Å². The van der Waals surface area contributed by atoms with Crippen molar-refractivity contribution in [1.82, 2.24) is 13.7 Å². The van der Waals surface area contributed by atoms with Gasteiger partial charge in [-0.1, -0.05) is 188 Å². The summed E-state index contributed by atoms with van der Waals surface area (Å²) in [5.74, 6) is 0. The molecule has 0 aliphatic heterocycles. The van der Waals surface area contributed by atoms with Gasteiger partial charge in [0.2, 0.25) is 0 Å². The van der Waals surface area contributed by atoms with E-state index >= 15 is 0 Å². The Morgan fingerprint density at radius 3 is 1.02 bits per heavy atom. The first-order valence-electron chi connectivity index (χ1n) is 22.1. The predicted octanol–water partition coefficient (Wildman–Crippen LogP) is 12.4. The van der Waals surface area contributed by atoms with E-state index in [2.05, 4.69) is 262 Å². The lowest BCUT2D eigenvalue weighted by molar-refractivity contribution is 1.14. The van der Waals surface area contributed by atoms with Crippen LogP contribution < -0.4 is 20.7 Å². The summed E-state index contributed by atoms with van der Waals surface area (Å²) in [6.45, 7) is 0. The molecule has 0 bridgehead atoms. The van der Waals surface area contributed by atoms with E-state index in [0.717, 1.165) is 17.1 Å². The minimum atomic E-state index is -2.81. The summed E-state index contributed by atoms with van der Waals surface area (Å²) >= 11 is 0. The van der Waals surface area contributed by atoms with E-state index in [9.17, 15) is 0 Å². The highest BCUT2D eigenvalue weighted by Crippen LogP contribution is 2.39. The molecule has 13 aromatic rings. The lowest BCUT2D eigenvalue weighted by Gasteiger charge is -2.34. The molecule has 0 amide bonds. The van der Waals surface area contributed by atoms with E-state index in [1.54, 1.807) is 0 Å². The molecule has 10 aromatic carbocycles. The van der Waals surface area contributed by atoms with E-state index in [1.165, 1.54) is 86.2 Å². The van der Waals surface area contributed by atoms with Gasteiger partial charge in [-0.05, 0) is 81.4 Å². The number of hydrogen-bond donors (Lipinski definition) is 0. The fourth-order valence-corrected chi connectivity index (χ4v) is 15.6. The molecule has 0 radical (unpaired) electrons. The van der Waals surface area contributed by atoms with Crippen LogP contribution in [0.15, 0.2) is 249 Å². The Bertz CT molecular complexity index is 3730. The largest absolute Gasteiger partial charge is 0.309 e. The number of para-hydroxylation sites is 4. The zero-order chi connectivity index (χ0) is 42.2. The van der Waals surface area contributed by atoms with E-state index < -0.39 is 8.07 Å². The van der Waals surface area contributed by atoms with Crippen LogP contribution in [-0.4, -0.2) is 21.8 Å². The van der Waals surface area contributed by atoms with Gasteiger partial charge in [0.25, 0.3) is 0 Å². The van der Waals surface area contributed by atoms with Crippen LogP contribution in [0.3, 0.4) is 0 Å². The van der Waals surface area contributed by atoms with E-state index in [-0.39, 0.29) is 0 Å². The zero-order valence-electron chi connectivity index (χ0n) is 35.0. The van der Waals surface area contributed by atoms with Crippen LogP contribution in [0.25, 0.3) is 82.5 Å². The molecule has 300 valence electrons. The van der Waals surface area contributed by atoms with Crippen LogP contribution >= 0.6 is 0 Å². The second-order valence-electron chi connectivity index (χ2n) is 16.9. The fourth-order valence-electron chi connectivity index (χ4n) is 10.9. The molecule has 0 aliphatic carbocycles. The summed E-state index contributed by atoms with van der Waals surface area (Å²) in [7, 11) is -2.81. The summed E-state index contributed by atoms with van der Waals surface area (Å²) < 4.78 is 7.37. The van der Waals surface area contributed by atoms with Gasteiger partial charge in [0.15, 0.2) is 8.07 Å². The lowest BCUT2D eigenvalue weighted by atomic mass is 10.1. The number of aromatic nitrogens is 3. The Hall–Kier alpha value is -8.18. The highest BCUT2D eigenvalue weighted by Gasteiger charge is 2.41. The molecular formula is C60H41N3Si. The molecule has 64 heavy (non-hydrogen) atoms. The van der Waals surface area contributed by atoms with Gasteiger partial charge in [-0.15, -0.1) is 0 Å². The number of rotatable bonds is 7. The van der Waals surface area contributed by atoms with Gasteiger partial charge in [0.05, 0.1) is 33.1 Å². The van der Waals surface area contributed by atoms with Crippen molar-refractivity contribution in [3.05, 3.63) is 249 Å². The highest BCUT2D eigenvalue weighted by atomic mass is 28.3. The molecule has 0 saturated heterocycles. The Kier molecular flexibility index (Phi) is 8.23. The van der Waals surface area contributed by atoms with Crippen molar-refractivity contribution in [1.29, 1.82) is 0 Å². The molecule has 13 rings (SSSR count). The van der Waals surface area contributed by atoms with E-state index in [4.69, 9.17) is 0 Å². The molecular weight excluding hydrogens is 791 g/mol. The molecule has 0 atom stereocenters. The third-order valence-electron chi connectivity index (χ3n) is 13.6. The predicted molar refractivity (Wildman–Crippen MR) is 273 cm³/mol. The molecule has 3 nitrogen and oxygen atoms in total. The van der Waals surface area contributed by atoms with Crippen molar-refractivity contribution in [3.8, 4) is 17.1 Å². The Labute approximate surface area is 372 Å². The van der Waals surface area contributed by atoms with Gasteiger partial charge in [0.1, 0.15) is 0 Å². The second-order valence-corrected chi connectivity index (χ2v) is 20.7. The van der Waals surface area contributed by atoms with E-state index in [0.29, 0.717) is 0 Å². The monoisotopic (exact) mass is 831 g/mol. The van der Waals surface area contributed by atoms with Gasteiger partial charge < -0.3 is 13.7 Å². The summed E-state index contributed by atoms with van der Waals surface area (Å²) in [4.78, 5) is 0. The molecule has 0 N–H and O–H groups in total. The van der Waals surface area contributed by atoms with Crippen molar-refractivity contribution in [2.75, 3.05) is 0 Å². The Morgan fingerprint density at radius 2 is 0.547 bits per heavy atom. The first-order chi connectivity index (χ1) is 31.8. The number of hydrogen-bond acceptors (Lipinski definition) is 0. The van der Waals surface area contributed by atoms with Crippen molar-refractivity contribution >= 4 is 94.2 Å². The van der Waals surface area contributed by atoms with Gasteiger partial charge in [-0.3, -0.25) is 0 Å². The maximum absolute atomic E-state index is 2.81. The molecule has 0 saturated carbocycles. The highest BCUT2D eigenvalue weighted by molar-refractivity contribution is 7.20. The summed E-state index contributed by atoms with van der Waals surface area (Å²) in [5, 5.41) is 12.9. The third-order valence-corrected chi connectivity index (χ3v) is 18.3. The van der Waals surface area contributed by atoms with Crippen LogP contribution in [0.5, 0.6) is 0 Å². The maximum Gasteiger partial charge on any atom is 0.179 e. The first-order valence-corrected chi connectivity index (χ1v) is 24.1. The number of fused-ring (bicyclic) bond motifs is 9. The smallest absolute Gasteiger partial charge is 0.179 e. The molecule has 3 aromatic heterocycles. The Morgan fingerprint density at radius 1 is 0.203 bits per heavy atom. The molecule has 4 heteroatoms. The maximum atomic E-state index is 2.53. The van der Waals surface area contributed by atoms with E-state index in [1.807, 2.05) is 0 Å².